The maximum absolute atomic E-state index is 11.6. The number of benzene rings is 1. The maximum atomic E-state index is 11.6. The third-order valence-corrected chi connectivity index (χ3v) is 2.61. The normalized spacial score (nSPS) is 10.4. The predicted molar refractivity (Wildman–Crippen MR) is 64.1 cm³/mol. The van der Waals surface area contributed by atoms with Gasteiger partial charge in [0.05, 0.1) is 6.54 Å². The van der Waals surface area contributed by atoms with Gasteiger partial charge in [-0.25, -0.2) is 4.98 Å². The van der Waals surface area contributed by atoms with Gasteiger partial charge in [-0.1, -0.05) is 35.3 Å². The van der Waals surface area contributed by atoms with Crippen molar-refractivity contribution in [3.8, 4) is 0 Å². The SMILES string of the molecule is O=c1c(Cl)nccn1Cc1cccc(Cl)c1. The Hall–Kier alpha value is -1.32. The molecule has 16 heavy (non-hydrogen) atoms. The van der Waals surface area contributed by atoms with Crippen LogP contribution in [0.5, 0.6) is 0 Å². The summed E-state index contributed by atoms with van der Waals surface area (Å²) in [4.78, 5) is 15.3. The highest BCUT2D eigenvalue weighted by molar-refractivity contribution is 6.30. The van der Waals surface area contributed by atoms with Crippen LogP contribution in [0.4, 0.5) is 0 Å². The van der Waals surface area contributed by atoms with Crippen molar-refractivity contribution in [1.29, 1.82) is 0 Å². The molecule has 2 rings (SSSR count). The first-order chi connectivity index (χ1) is 7.66. The fourth-order valence-electron chi connectivity index (χ4n) is 1.38. The molecule has 2 aromatic rings. The third-order valence-electron chi connectivity index (χ3n) is 2.11. The zero-order valence-corrected chi connectivity index (χ0v) is 9.74. The minimum Gasteiger partial charge on any atom is -0.307 e. The first kappa shape index (κ1) is 11.2. The van der Waals surface area contributed by atoms with E-state index in [0.29, 0.717) is 11.6 Å². The van der Waals surface area contributed by atoms with Crippen molar-refractivity contribution >= 4 is 23.2 Å². The van der Waals surface area contributed by atoms with Gasteiger partial charge in [0.2, 0.25) is 0 Å². The fourth-order valence-corrected chi connectivity index (χ4v) is 1.75. The summed E-state index contributed by atoms with van der Waals surface area (Å²) in [7, 11) is 0. The Morgan fingerprint density at radius 1 is 1.31 bits per heavy atom. The van der Waals surface area contributed by atoms with Crippen molar-refractivity contribution < 1.29 is 0 Å². The molecule has 0 N–H and O–H groups in total. The molecule has 0 unspecified atom stereocenters. The highest BCUT2D eigenvalue weighted by Crippen LogP contribution is 2.11. The van der Waals surface area contributed by atoms with Crippen molar-refractivity contribution in [2.45, 2.75) is 6.54 Å². The Balaban J connectivity index is 2.34. The second-order valence-corrected chi connectivity index (χ2v) is 4.08. The van der Waals surface area contributed by atoms with Gasteiger partial charge < -0.3 is 4.57 Å². The van der Waals surface area contributed by atoms with Gasteiger partial charge in [-0.05, 0) is 17.7 Å². The lowest BCUT2D eigenvalue weighted by Crippen LogP contribution is -2.21. The number of aromatic nitrogens is 2. The minimum atomic E-state index is -0.302. The molecule has 82 valence electrons. The van der Waals surface area contributed by atoms with Gasteiger partial charge in [-0.2, -0.15) is 0 Å². The maximum Gasteiger partial charge on any atom is 0.288 e. The molecule has 1 heterocycles. The summed E-state index contributed by atoms with van der Waals surface area (Å²) in [6.07, 6.45) is 3.09. The first-order valence-corrected chi connectivity index (χ1v) is 5.38. The Morgan fingerprint density at radius 2 is 2.12 bits per heavy atom. The van der Waals surface area contributed by atoms with Gasteiger partial charge in [0.15, 0.2) is 5.15 Å². The molecule has 0 spiro atoms. The molecular formula is C11H8Cl2N2O. The van der Waals surface area contributed by atoms with Crippen LogP contribution in [-0.4, -0.2) is 9.55 Å². The molecular weight excluding hydrogens is 247 g/mol. The van der Waals surface area contributed by atoms with Crippen LogP contribution in [-0.2, 0) is 6.54 Å². The van der Waals surface area contributed by atoms with E-state index < -0.39 is 0 Å². The van der Waals surface area contributed by atoms with E-state index in [0.717, 1.165) is 5.56 Å². The molecule has 0 aliphatic carbocycles. The summed E-state index contributed by atoms with van der Waals surface area (Å²) < 4.78 is 1.49. The van der Waals surface area contributed by atoms with Crippen LogP contribution in [0.1, 0.15) is 5.56 Å². The number of rotatable bonds is 2. The topological polar surface area (TPSA) is 34.9 Å². The molecule has 0 aliphatic heterocycles. The van der Waals surface area contributed by atoms with E-state index in [4.69, 9.17) is 23.2 Å². The highest BCUT2D eigenvalue weighted by Gasteiger charge is 2.02. The molecule has 5 heteroatoms. The van der Waals surface area contributed by atoms with Crippen molar-refractivity contribution in [2.75, 3.05) is 0 Å². The van der Waals surface area contributed by atoms with E-state index in [1.165, 1.54) is 10.8 Å². The molecule has 1 aromatic heterocycles. The monoisotopic (exact) mass is 254 g/mol. The van der Waals surface area contributed by atoms with Crippen molar-refractivity contribution in [1.82, 2.24) is 9.55 Å². The van der Waals surface area contributed by atoms with Crippen LogP contribution in [0, 0.1) is 0 Å². The molecule has 0 saturated carbocycles. The van der Waals surface area contributed by atoms with Crippen LogP contribution in [0.3, 0.4) is 0 Å². The standard InChI is InChI=1S/C11H8Cl2N2O/c12-9-3-1-2-8(6-9)7-15-5-4-14-10(13)11(15)16/h1-6H,7H2. The van der Waals surface area contributed by atoms with Gasteiger partial charge in [-0.15, -0.1) is 0 Å². The lowest BCUT2D eigenvalue weighted by atomic mass is 10.2. The van der Waals surface area contributed by atoms with E-state index in [9.17, 15) is 4.79 Å². The van der Waals surface area contributed by atoms with E-state index in [1.807, 2.05) is 18.2 Å². The van der Waals surface area contributed by atoms with Crippen LogP contribution in [0.15, 0.2) is 41.5 Å². The van der Waals surface area contributed by atoms with Gasteiger partial charge >= 0.3 is 0 Å². The number of nitrogens with zero attached hydrogens (tertiary/aromatic N) is 2. The van der Waals surface area contributed by atoms with Crippen molar-refractivity contribution in [3.63, 3.8) is 0 Å². The largest absolute Gasteiger partial charge is 0.307 e. The van der Waals surface area contributed by atoms with Gasteiger partial charge in [0, 0.05) is 17.4 Å². The second-order valence-electron chi connectivity index (χ2n) is 3.28. The Bertz CT molecular complexity index is 566. The van der Waals surface area contributed by atoms with E-state index >= 15 is 0 Å². The summed E-state index contributed by atoms with van der Waals surface area (Å²) in [6.45, 7) is 0.432. The van der Waals surface area contributed by atoms with Crippen LogP contribution in [0.2, 0.25) is 10.2 Å². The number of hydrogen-bond acceptors (Lipinski definition) is 2. The quantitative estimate of drug-likeness (QED) is 0.826. The molecule has 0 amide bonds. The van der Waals surface area contributed by atoms with E-state index in [-0.39, 0.29) is 10.7 Å². The van der Waals surface area contributed by atoms with Crippen molar-refractivity contribution in [3.05, 3.63) is 62.8 Å². The summed E-state index contributed by atoms with van der Waals surface area (Å²) in [6, 6.07) is 7.33. The molecule has 3 nitrogen and oxygen atoms in total. The smallest absolute Gasteiger partial charge is 0.288 e. The van der Waals surface area contributed by atoms with Gasteiger partial charge in [0.25, 0.3) is 5.56 Å². The molecule has 0 saturated heterocycles. The molecule has 0 aliphatic rings. The lowest BCUT2D eigenvalue weighted by Gasteiger charge is -2.05. The summed E-state index contributed by atoms with van der Waals surface area (Å²) in [5.41, 5.74) is 0.640. The zero-order chi connectivity index (χ0) is 11.5. The number of halogens is 2. The fraction of sp³-hybridized carbons (Fsp3) is 0.0909. The Kier molecular flexibility index (Phi) is 3.27. The Labute approximate surface area is 102 Å². The van der Waals surface area contributed by atoms with E-state index in [2.05, 4.69) is 4.98 Å². The average molecular weight is 255 g/mol. The predicted octanol–water partition coefficient (Wildman–Crippen LogP) is 2.60. The van der Waals surface area contributed by atoms with Gasteiger partial charge in [-0.3, -0.25) is 4.79 Å². The third kappa shape index (κ3) is 2.43. The summed E-state index contributed by atoms with van der Waals surface area (Å²) >= 11 is 11.5. The van der Waals surface area contributed by atoms with Crippen LogP contribution >= 0.6 is 23.2 Å². The first-order valence-electron chi connectivity index (χ1n) is 4.62. The van der Waals surface area contributed by atoms with Gasteiger partial charge in [0.1, 0.15) is 0 Å². The Morgan fingerprint density at radius 3 is 2.88 bits per heavy atom. The average Bonchev–Trinajstić information content (AvgIpc) is 2.25. The number of hydrogen-bond donors (Lipinski definition) is 0. The summed E-state index contributed by atoms with van der Waals surface area (Å²) in [5.74, 6) is 0. The second kappa shape index (κ2) is 4.68. The lowest BCUT2D eigenvalue weighted by molar-refractivity contribution is 0.748. The van der Waals surface area contributed by atoms with Crippen molar-refractivity contribution in [2.24, 2.45) is 0 Å². The summed E-state index contributed by atoms with van der Waals surface area (Å²) in [5, 5.41) is 0.621. The molecule has 1 aromatic carbocycles. The molecule has 0 bridgehead atoms. The minimum absolute atomic E-state index is 0.0236. The molecule has 0 radical (unpaired) electrons. The molecule has 0 fully saturated rings. The van der Waals surface area contributed by atoms with E-state index in [1.54, 1.807) is 12.3 Å². The zero-order valence-electron chi connectivity index (χ0n) is 8.23. The van der Waals surface area contributed by atoms with Crippen LogP contribution in [0.25, 0.3) is 0 Å². The molecule has 0 atom stereocenters. The van der Waals surface area contributed by atoms with Crippen LogP contribution < -0.4 is 5.56 Å². The highest BCUT2D eigenvalue weighted by atomic mass is 35.5.